The highest BCUT2D eigenvalue weighted by atomic mass is 32.2. The largest absolute Gasteiger partial charge is 0.511 e. The lowest BCUT2D eigenvalue weighted by Crippen LogP contribution is -2.51. The van der Waals surface area contributed by atoms with Crippen LogP contribution >= 0.6 is 0 Å². The van der Waals surface area contributed by atoms with E-state index < -0.39 is 33.6 Å². The van der Waals surface area contributed by atoms with Gasteiger partial charge in [-0.2, -0.15) is 13.2 Å². The number of hydrogen-bond donors (Lipinski definition) is 2. The fraction of sp³-hybridized carbons (Fsp3) is 0.923. The molecule has 0 saturated heterocycles. The number of esters is 1. The first-order valence-corrected chi connectivity index (χ1v) is 9.00. The predicted molar refractivity (Wildman–Crippen MR) is 75.7 cm³/mol. The van der Waals surface area contributed by atoms with E-state index in [0.29, 0.717) is 0 Å². The van der Waals surface area contributed by atoms with E-state index in [1.807, 2.05) is 0 Å². The van der Waals surface area contributed by atoms with E-state index in [-0.39, 0.29) is 18.9 Å². The highest BCUT2D eigenvalue weighted by Gasteiger charge is 2.48. The van der Waals surface area contributed by atoms with Crippen LogP contribution in [0.5, 0.6) is 0 Å². The second-order valence-electron chi connectivity index (χ2n) is 5.61. The smallest absolute Gasteiger partial charge is 0.464 e. The molecule has 0 aromatic rings. The van der Waals surface area contributed by atoms with Gasteiger partial charge in [0.2, 0.25) is 0 Å². The Morgan fingerprint density at radius 2 is 1.87 bits per heavy atom. The Morgan fingerprint density at radius 1 is 1.30 bits per heavy atom. The van der Waals surface area contributed by atoms with Gasteiger partial charge in [0.1, 0.15) is 0 Å². The maximum Gasteiger partial charge on any atom is 0.511 e. The molecule has 1 rings (SSSR count). The van der Waals surface area contributed by atoms with Gasteiger partial charge >= 0.3 is 21.5 Å². The van der Waals surface area contributed by atoms with Crippen molar-refractivity contribution in [1.82, 2.24) is 4.72 Å². The second kappa shape index (κ2) is 8.29. The highest BCUT2D eigenvalue weighted by Crippen LogP contribution is 2.29. The zero-order valence-corrected chi connectivity index (χ0v) is 13.6. The molecular formula is C13H22F3NO5S. The molecule has 0 heterocycles. The first-order valence-electron chi connectivity index (χ1n) is 7.51. The van der Waals surface area contributed by atoms with Gasteiger partial charge in [0, 0.05) is 0 Å². The SMILES string of the molecule is CCOC(=O)[C@@H](O)[C@H](CC1CCCCC1)NS(=O)(=O)C(F)(F)F. The fourth-order valence-corrected chi connectivity index (χ4v) is 3.44. The molecule has 0 amide bonds. The number of aliphatic hydroxyl groups is 1. The van der Waals surface area contributed by atoms with Crippen LogP contribution in [0.15, 0.2) is 0 Å². The maximum absolute atomic E-state index is 12.5. The van der Waals surface area contributed by atoms with Crippen LogP contribution in [0, 0.1) is 5.92 Å². The molecule has 1 aliphatic carbocycles. The predicted octanol–water partition coefficient (Wildman–Crippen LogP) is 1.69. The molecule has 10 heteroatoms. The van der Waals surface area contributed by atoms with E-state index in [2.05, 4.69) is 4.74 Å². The molecule has 1 fully saturated rings. The maximum atomic E-state index is 12.5. The summed E-state index contributed by atoms with van der Waals surface area (Å²) in [5.74, 6) is -1.19. The second-order valence-corrected chi connectivity index (χ2v) is 7.32. The Hall–Kier alpha value is -0.870. The van der Waals surface area contributed by atoms with Crippen LogP contribution in [-0.2, 0) is 19.6 Å². The lowest BCUT2D eigenvalue weighted by molar-refractivity contribution is -0.154. The Morgan fingerprint density at radius 3 is 2.35 bits per heavy atom. The molecule has 0 aromatic carbocycles. The Kier molecular flexibility index (Phi) is 7.28. The lowest BCUT2D eigenvalue weighted by Gasteiger charge is -2.29. The summed E-state index contributed by atoms with van der Waals surface area (Å²) in [5.41, 5.74) is -5.51. The number of hydrogen-bond acceptors (Lipinski definition) is 5. The average molecular weight is 361 g/mol. The number of halogens is 3. The minimum atomic E-state index is -5.66. The standard InChI is InChI=1S/C13H22F3NO5S/c1-2-22-12(19)11(18)10(8-9-6-4-3-5-7-9)17-23(20,21)13(14,15)16/h9-11,17-18H,2-8H2,1H3/t10-,11-/m0/s1. The fourth-order valence-electron chi connectivity index (χ4n) is 2.68. The first kappa shape index (κ1) is 20.2. The summed E-state index contributed by atoms with van der Waals surface area (Å²) in [7, 11) is -5.66. The third-order valence-corrected chi connectivity index (χ3v) is 5.05. The van der Waals surface area contributed by atoms with Gasteiger partial charge in [-0.25, -0.2) is 17.9 Å². The van der Waals surface area contributed by atoms with Crippen LogP contribution in [0.1, 0.15) is 45.4 Å². The van der Waals surface area contributed by atoms with Crippen molar-refractivity contribution in [3.8, 4) is 0 Å². The van der Waals surface area contributed by atoms with E-state index in [9.17, 15) is 31.5 Å². The van der Waals surface area contributed by atoms with E-state index in [1.54, 1.807) is 0 Å². The topological polar surface area (TPSA) is 92.7 Å². The highest BCUT2D eigenvalue weighted by molar-refractivity contribution is 7.90. The van der Waals surface area contributed by atoms with Crippen molar-refractivity contribution in [2.24, 2.45) is 5.92 Å². The average Bonchev–Trinajstić information content (AvgIpc) is 2.45. The van der Waals surface area contributed by atoms with Crippen molar-refractivity contribution < 1.29 is 36.2 Å². The molecule has 0 aromatic heterocycles. The molecule has 23 heavy (non-hydrogen) atoms. The molecule has 1 saturated carbocycles. The molecule has 0 unspecified atom stereocenters. The van der Waals surface area contributed by atoms with Crippen LogP contribution < -0.4 is 4.72 Å². The molecule has 136 valence electrons. The molecule has 0 aliphatic heterocycles. The molecule has 6 nitrogen and oxygen atoms in total. The zero-order valence-electron chi connectivity index (χ0n) is 12.8. The Balaban J connectivity index is 2.89. The van der Waals surface area contributed by atoms with Gasteiger partial charge in [-0.05, 0) is 19.3 Å². The van der Waals surface area contributed by atoms with Gasteiger partial charge < -0.3 is 9.84 Å². The van der Waals surface area contributed by atoms with Crippen LogP contribution in [0.25, 0.3) is 0 Å². The molecule has 0 spiro atoms. The van der Waals surface area contributed by atoms with Gasteiger partial charge in [0.05, 0.1) is 12.6 Å². The minimum absolute atomic E-state index is 0.0463. The van der Waals surface area contributed by atoms with Crippen LogP contribution in [0.4, 0.5) is 13.2 Å². The number of ether oxygens (including phenoxy) is 1. The number of carbonyl (C=O) groups is 1. The van der Waals surface area contributed by atoms with Crippen molar-refractivity contribution >= 4 is 16.0 Å². The number of aliphatic hydroxyl groups excluding tert-OH is 1. The molecule has 2 atom stereocenters. The van der Waals surface area contributed by atoms with Gasteiger partial charge in [-0.1, -0.05) is 32.1 Å². The van der Waals surface area contributed by atoms with Crippen molar-refractivity contribution in [1.29, 1.82) is 0 Å². The quantitative estimate of drug-likeness (QED) is 0.673. The summed E-state index contributed by atoms with van der Waals surface area (Å²) >= 11 is 0. The van der Waals surface area contributed by atoms with Gasteiger partial charge in [-0.15, -0.1) is 0 Å². The third kappa shape index (κ3) is 5.92. The van der Waals surface area contributed by atoms with Gasteiger partial charge in [-0.3, -0.25) is 0 Å². The third-order valence-electron chi connectivity index (χ3n) is 3.83. The summed E-state index contributed by atoms with van der Waals surface area (Å²) in [6, 6.07) is -1.57. The van der Waals surface area contributed by atoms with Crippen molar-refractivity contribution in [3.63, 3.8) is 0 Å². The molecular weight excluding hydrogens is 339 g/mol. The number of carbonyl (C=O) groups excluding carboxylic acids is 1. The molecule has 0 radical (unpaired) electrons. The van der Waals surface area contributed by atoms with Crippen LogP contribution in [0.2, 0.25) is 0 Å². The van der Waals surface area contributed by atoms with E-state index in [0.717, 1.165) is 32.1 Å². The number of nitrogens with one attached hydrogen (secondary N) is 1. The minimum Gasteiger partial charge on any atom is -0.464 e. The molecule has 2 N–H and O–H groups in total. The first-order chi connectivity index (χ1) is 10.6. The monoisotopic (exact) mass is 361 g/mol. The van der Waals surface area contributed by atoms with Crippen LogP contribution in [-0.4, -0.2) is 43.8 Å². The van der Waals surface area contributed by atoms with Gasteiger partial charge in [0.15, 0.2) is 6.10 Å². The number of sulfonamides is 1. The van der Waals surface area contributed by atoms with E-state index in [1.165, 1.54) is 11.6 Å². The summed E-state index contributed by atoms with van der Waals surface area (Å²) in [6.07, 6.45) is 2.21. The van der Waals surface area contributed by atoms with Crippen molar-refractivity contribution in [3.05, 3.63) is 0 Å². The lowest BCUT2D eigenvalue weighted by atomic mass is 9.84. The summed E-state index contributed by atoms with van der Waals surface area (Å²) < 4.78 is 66.2. The van der Waals surface area contributed by atoms with Gasteiger partial charge in [0.25, 0.3) is 0 Å². The Labute approximate surface area is 133 Å². The van der Waals surface area contributed by atoms with E-state index in [4.69, 9.17) is 0 Å². The summed E-state index contributed by atoms with van der Waals surface area (Å²) in [6.45, 7) is 1.40. The zero-order chi connectivity index (χ0) is 17.7. The number of alkyl halides is 3. The van der Waals surface area contributed by atoms with Crippen molar-refractivity contribution in [2.75, 3.05) is 6.61 Å². The Bertz CT molecular complexity index is 488. The van der Waals surface area contributed by atoms with E-state index >= 15 is 0 Å². The summed E-state index contributed by atoms with van der Waals surface area (Å²) in [5, 5.41) is 9.90. The van der Waals surface area contributed by atoms with Crippen molar-refractivity contribution in [2.45, 2.75) is 63.1 Å². The molecule has 0 bridgehead atoms. The number of rotatable bonds is 7. The van der Waals surface area contributed by atoms with Crippen LogP contribution in [0.3, 0.4) is 0 Å². The summed E-state index contributed by atoms with van der Waals surface area (Å²) in [4.78, 5) is 11.6. The normalized spacial score (nSPS) is 20.0. The molecule has 1 aliphatic rings.